The third-order valence-corrected chi connectivity index (χ3v) is 1.61. The van der Waals surface area contributed by atoms with Crippen molar-refractivity contribution < 1.29 is 1.37 Å². The smallest absolute Gasteiger partial charge is 0.155 e. The predicted octanol–water partition coefficient (Wildman–Crippen LogP) is 1.72. The number of nitrogens with zero attached hydrogens (tertiary/aromatic N) is 2. The average Bonchev–Trinajstić information content (AvgIpc) is 2.36. The van der Waals surface area contributed by atoms with E-state index in [0.717, 1.165) is 5.39 Å². The molecule has 0 aliphatic heterocycles. The lowest BCUT2D eigenvalue weighted by atomic mass is 10.4. The molecular weight excluding hydrogens is 194 g/mol. The van der Waals surface area contributed by atoms with Crippen LogP contribution in [0.25, 0.3) is 11.0 Å². The molecule has 0 aliphatic rings. The quantitative estimate of drug-likeness (QED) is 0.701. The number of H-pyrrole nitrogens is 1. The molecule has 0 unspecified atom stereocenters. The molecule has 2 heterocycles. The third-order valence-electron chi connectivity index (χ3n) is 1.20. The Morgan fingerprint density at radius 2 is 2.60 bits per heavy atom. The van der Waals surface area contributed by atoms with Crippen LogP contribution < -0.4 is 0 Å². The summed E-state index contributed by atoms with van der Waals surface area (Å²) in [5, 5.41) is 7.39. The Morgan fingerprint density at radius 3 is 3.50 bits per heavy atom. The molecule has 0 aromatic carbocycles. The molecule has 0 amide bonds. The number of hydrogen-bond donors (Lipinski definition) is 1. The monoisotopic (exact) mass is 198 g/mol. The molecule has 4 heteroatoms. The molecule has 0 saturated carbocycles. The summed E-state index contributed by atoms with van der Waals surface area (Å²) in [6.07, 6.45) is 1.90. The molecule has 0 aliphatic carbocycles. The number of aromatic amines is 1. The van der Waals surface area contributed by atoms with Gasteiger partial charge in [-0.1, -0.05) is 0 Å². The fraction of sp³-hybridized carbons (Fsp3) is 0. The molecule has 1 N–H and O–H groups in total. The van der Waals surface area contributed by atoms with Crippen molar-refractivity contribution in [2.75, 3.05) is 0 Å². The van der Waals surface area contributed by atoms with Gasteiger partial charge in [0.2, 0.25) is 0 Å². The van der Waals surface area contributed by atoms with E-state index in [0.29, 0.717) is 10.1 Å². The lowest BCUT2D eigenvalue weighted by Gasteiger charge is -1.86. The summed E-state index contributed by atoms with van der Waals surface area (Å²) in [6, 6.07) is 1.81. The number of fused-ring (bicyclic) bond motifs is 1. The molecule has 0 bridgehead atoms. The van der Waals surface area contributed by atoms with Gasteiger partial charge in [0.05, 0.1) is 7.57 Å². The summed E-state index contributed by atoms with van der Waals surface area (Å²) in [6.45, 7) is 0. The van der Waals surface area contributed by atoms with Gasteiger partial charge in [0.1, 0.15) is 0 Å². The third kappa shape index (κ3) is 0.806. The highest BCUT2D eigenvalue weighted by molar-refractivity contribution is 9.10. The number of hydrogen-bond acceptors (Lipinski definition) is 2. The minimum atomic E-state index is 0.224. The summed E-state index contributed by atoms with van der Waals surface area (Å²) in [4.78, 5) is 3.94. The van der Waals surface area contributed by atoms with Crippen LogP contribution in [0.1, 0.15) is 1.37 Å². The minimum Gasteiger partial charge on any atom is -0.261 e. The second kappa shape index (κ2) is 2.05. The Kier molecular flexibility index (Phi) is 0.995. The van der Waals surface area contributed by atoms with Crippen molar-refractivity contribution in [3.8, 4) is 0 Å². The first-order valence-electron chi connectivity index (χ1n) is 3.23. The van der Waals surface area contributed by atoms with Crippen molar-refractivity contribution >= 4 is 27.0 Å². The van der Waals surface area contributed by atoms with Crippen molar-refractivity contribution in [2.45, 2.75) is 0 Å². The van der Waals surface area contributed by atoms with E-state index in [2.05, 4.69) is 31.1 Å². The lowest BCUT2D eigenvalue weighted by Crippen LogP contribution is -1.74. The fourth-order valence-electron chi connectivity index (χ4n) is 0.762. The maximum atomic E-state index is 7.33. The van der Waals surface area contributed by atoms with Crippen LogP contribution in [0.15, 0.2) is 22.9 Å². The number of nitrogens with one attached hydrogen (secondary N) is 1. The molecule has 0 spiro atoms. The van der Waals surface area contributed by atoms with Crippen LogP contribution in [0, 0.1) is 0 Å². The second-order valence-corrected chi connectivity index (χ2v) is 2.74. The van der Waals surface area contributed by atoms with Crippen LogP contribution in [0.5, 0.6) is 0 Å². The van der Waals surface area contributed by atoms with Crippen LogP contribution in [-0.4, -0.2) is 15.2 Å². The van der Waals surface area contributed by atoms with E-state index in [1.807, 2.05) is 6.07 Å². The number of rotatable bonds is 0. The molecule has 10 heavy (non-hydrogen) atoms. The first kappa shape index (κ1) is 4.85. The minimum absolute atomic E-state index is 0.224. The number of aromatic nitrogens is 3. The largest absolute Gasteiger partial charge is 0.261 e. The Labute approximate surface area is 67.0 Å². The molecule has 0 fully saturated rings. The molecule has 2 rings (SSSR count). The van der Waals surface area contributed by atoms with Gasteiger partial charge in [-0.15, -0.1) is 0 Å². The Hall–Kier alpha value is -0.900. The molecule has 2 aromatic heterocycles. The van der Waals surface area contributed by atoms with Crippen LogP contribution in [0.4, 0.5) is 0 Å². The number of pyridine rings is 1. The lowest BCUT2D eigenvalue weighted by molar-refractivity contribution is 1.10. The summed E-state index contributed by atoms with van der Waals surface area (Å²) >= 11 is 3.21. The maximum Gasteiger partial charge on any atom is 0.155 e. The summed E-state index contributed by atoms with van der Waals surface area (Å²) in [7, 11) is 0. The zero-order chi connectivity index (χ0) is 7.84. The van der Waals surface area contributed by atoms with E-state index in [9.17, 15) is 0 Å². The number of halogens is 1. The summed E-state index contributed by atoms with van der Waals surface area (Å²) in [5.41, 5.74) is 0.651. The zero-order valence-electron chi connectivity index (χ0n) is 5.93. The van der Waals surface area contributed by atoms with Crippen molar-refractivity contribution in [3.05, 3.63) is 22.9 Å². The van der Waals surface area contributed by atoms with Crippen LogP contribution in [0.2, 0.25) is 0 Å². The predicted molar refractivity (Wildman–Crippen MR) is 41.6 cm³/mol. The highest BCUT2D eigenvalue weighted by Crippen LogP contribution is 2.13. The van der Waals surface area contributed by atoms with Crippen molar-refractivity contribution in [2.24, 2.45) is 0 Å². The van der Waals surface area contributed by atoms with E-state index >= 15 is 0 Å². The molecule has 2 aromatic rings. The molecule has 50 valence electrons. The van der Waals surface area contributed by atoms with Crippen molar-refractivity contribution in [1.29, 1.82) is 0 Å². The SMILES string of the molecule is [2H]c1nc2[nH]ncc2cc1Br. The second-order valence-electron chi connectivity index (χ2n) is 1.89. The summed E-state index contributed by atoms with van der Waals surface area (Å²) < 4.78 is 8.02. The van der Waals surface area contributed by atoms with Crippen LogP contribution in [-0.2, 0) is 0 Å². The van der Waals surface area contributed by atoms with Gasteiger partial charge in [0, 0.05) is 16.0 Å². The first-order valence-corrected chi connectivity index (χ1v) is 3.53. The molecule has 0 atom stereocenters. The molecule has 0 radical (unpaired) electrons. The average molecular weight is 199 g/mol. The Bertz CT molecular complexity index is 362. The van der Waals surface area contributed by atoms with Gasteiger partial charge in [-0.3, -0.25) is 5.10 Å². The van der Waals surface area contributed by atoms with Gasteiger partial charge in [0.15, 0.2) is 5.65 Å². The van der Waals surface area contributed by atoms with E-state index in [1.54, 1.807) is 6.20 Å². The standard InChI is InChI=1S/C6H4BrN3/c7-5-1-4-2-9-10-6(4)8-3-5/h1-3H,(H,8,9,10)/i3D. The van der Waals surface area contributed by atoms with Gasteiger partial charge in [-0.25, -0.2) is 4.98 Å². The first-order chi connectivity index (χ1) is 5.27. The van der Waals surface area contributed by atoms with E-state index in [1.165, 1.54) is 0 Å². The van der Waals surface area contributed by atoms with Gasteiger partial charge in [0.25, 0.3) is 0 Å². The zero-order valence-corrected chi connectivity index (χ0v) is 6.51. The molecule has 3 nitrogen and oxygen atoms in total. The van der Waals surface area contributed by atoms with E-state index in [4.69, 9.17) is 1.37 Å². The van der Waals surface area contributed by atoms with E-state index in [-0.39, 0.29) is 6.17 Å². The van der Waals surface area contributed by atoms with Gasteiger partial charge < -0.3 is 0 Å². The highest BCUT2D eigenvalue weighted by Gasteiger charge is 1.94. The Balaban J connectivity index is 2.86. The highest BCUT2D eigenvalue weighted by atomic mass is 79.9. The van der Waals surface area contributed by atoms with E-state index < -0.39 is 0 Å². The molecule has 0 saturated heterocycles. The topological polar surface area (TPSA) is 41.6 Å². The van der Waals surface area contributed by atoms with Crippen LogP contribution >= 0.6 is 15.9 Å². The Morgan fingerprint density at radius 1 is 1.70 bits per heavy atom. The van der Waals surface area contributed by atoms with Gasteiger partial charge in [-0.05, 0) is 22.0 Å². The fourth-order valence-corrected chi connectivity index (χ4v) is 1.10. The normalized spacial score (nSPS) is 11.9. The van der Waals surface area contributed by atoms with Crippen molar-refractivity contribution in [1.82, 2.24) is 15.2 Å². The van der Waals surface area contributed by atoms with Crippen LogP contribution in [0.3, 0.4) is 0 Å². The summed E-state index contributed by atoms with van der Waals surface area (Å²) in [5.74, 6) is 0. The van der Waals surface area contributed by atoms with Crippen molar-refractivity contribution in [3.63, 3.8) is 0 Å². The molecular formula is C6H4BrN3. The van der Waals surface area contributed by atoms with Gasteiger partial charge >= 0.3 is 0 Å². The van der Waals surface area contributed by atoms with Gasteiger partial charge in [-0.2, -0.15) is 5.10 Å². The maximum absolute atomic E-state index is 7.33.